The molecule has 0 aliphatic heterocycles. The molecule has 2 rings (SSSR count). The van der Waals surface area contributed by atoms with Gasteiger partial charge in [0.05, 0.1) is 6.61 Å². The second-order valence-corrected chi connectivity index (χ2v) is 6.06. The van der Waals surface area contributed by atoms with Crippen LogP contribution in [0.3, 0.4) is 0 Å². The highest BCUT2D eigenvalue weighted by Gasteiger charge is 2.28. The highest BCUT2D eigenvalue weighted by atomic mass is 16.2. The largest absolute Gasteiger partial charge is 0.395 e. The van der Waals surface area contributed by atoms with Crippen LogP contribution < -0.4 is 5.32 Å². The summed E-state index contributed by atoms with van der Waals surface area (Å²) < 4.78 is 0. The van der Waals surface area contributed by atoms with Crippen LogP contribution in [0.15, 0.2) is 24.3 Å². The van der Waals surface area contributed by atoms with Crippen LogP contribution in [-0.2, 0) is 0 Å². The molecule has 1 amide bonds. The first kappa shape index (κ1) is 15.6. The van der Waals surface area contributed by atoms with Crippen molar-refractivity contribution in [1.82, 2.24) is 5.32 Å². The number of hydrogen-bond acceptors (Lipinski definition) is 2. The smallest absolute Gasteiger partial charge is 0.251 e. The van der Waals surface area contributed by atoms with E-state index in [9.17, 15) is 4.79 Å². The number of aliphatic hydroxyl groups excluding tert-OH is 1. The van der Waals surface area contributed by atoms with E-state index < -0.39 is 0 Å². The summed E-state index contributed by atoms with van der Waals surface area (Å²) in [6, 6.07) is 7.33. The van der Waals surface area contributed by atoms with Gasteiger partial charge in [-0.3, -0.25) is 4.79 Å². The molecular weight excluding hydrogens is 262 g/mol. The lowest BCUT2D eigenvalue weighted by Gasteiger charge is -2.23. The topological polar surface area (TPSA) is 49.3 Å². The first-order valence-corrected chi connectivity index (χ1v) is 7.61. The van der Waals surface area contributed by atoms with Crippen LogP contribution in [0.1, 0.15) is 54.9 Å². The van der Waals surface area contributed by atoms with Crippen LogP contribution in [0.2, 0.25) is 0 Å². The van der Waals surface area contributed by atoms with Gasteiger partial charge in [-0.2, -0.15) is 0 Å². The van der Waals surface area contributed by atoms with Gasteiger partial charge in [-0.1, -0.05) is 37.7 Å². The number of benzene rings is 1. The lowest BCUT2D eigenvalue weighted by atomic mass is 9.89. The van der Waals surface area contributed by atoms with Crippen molar-refractivity contribution in [3.8, 4) is 11.8 Å². The third kappa shape index (κ3) is 4.61. The molecule has 2 N–H and O–H groups in total. The van der Waals surface area contributed by atoms with Crippen LogP contribution in [0.4, 0.5) is 0 Å². The van der Waals surface area contributed by atoms with Gasteiger partial charge in [-0.15, -0.1) is 0 Å². The number of carbonyl (C=O) groups excluding carboxylic acids is 1. The predicted octanol–water partition coefficient (Wildman–Crippen LogP) is 2.73. The molecule has 0 aromatic heterocycles. The van der Waals surface area contributed by atoms with E-state index in [4.69, 9.17) is 5.11 Å². The lowest BCUT2D eigenvalue weighted by Crippen LogP contribution is -2.34. The average Bonchev–Trinajstić information content (AvgIpc) is 2.93. The van der Waals surface area contributed by atoms with E-state index in [0.29, 0.717) is 12.0 Å². The van der Waals surface area contributed by atoms with E-state index in [0.717, 1.165) is 12.1 Å². The Kier molecular flexibility index (Phi) is 5.41. The van der Waals surface area contributed by atoms with Gasteiger partial charge >= 0.3 is 0 Å². The van der Waals surface area contributed by atoms with Gasteiger partial charge in [0, 0.05) is 24.1 Å². The molecule has 1 aromatic carbocycles. The molecule has 0 atom stereocenters. The summed E-state index contributed by atoms with van der Waals surface area (Å²) in [6.07, 6.45) is 5.37. The summed E-state index contributed by atoms with van der Waals surface area (Å²) >= 11 is 0. The fraction of sp³-hybridized carbons (Fsp3) is 0.500. The molecule has 0 heterocycles. The van der Waals surface area contributed by atoms with E-state index in [-0.39, 0.29) is 17.9 Å². The normalized spacial score (nSPS) is 16.1. The first-order valence-electron chi connectivity index (χ1n) is 7.61. The molecule has 1 aromatic rings. The Balaban J connectivity index is 1.96. The predicted molar refractivity (Wildman–Crippen MR) is 83.9 cm³/mol. The van der Waals surface area contributed by atoms with Crippen molar-refractivity contribution >= 4 is 5.91 Å². The van der Waals surface area contributed by atoms with Gasteiger partial charge in [-0.25, -0.2) is 0 Å². The molecule has 3 heteroatoms. The maximum atomic E-state index is 12.2. The molecule has 0 unspecified atom stereocenters. The number of carbonyl (C=O) groups is 1. The number of amides is 1. The van der Waals surface area contributed by atoms with Crippen LogP contribution in [0.5, 0.6) is 0 Å². The summed E-state index contributed by atoms with van der Waals surface area (Å²) in [7, 11) is 0. The first-order chi connectivity index (χ1) is 10.1. The van der Waals surface area contributed by atoms with Gasteiger partial charge in [0.15, 0.2) is 0 Å². The standard InChI is InChI=1S/C18H23NO2/c1-18(10-3-4-11-18)14-19-17(21)16-9-6-8-15(13-16)7-2-5-12-20/h6,8-9,13,20H,3-5,10-12,14H2,1H3,(H,19,21). The van der Waals surface area contributed by atoms with Crippen LogP contribution in [0.25, 0.3) is 0 Å². The minimum atomic E-state index is -0.0334. The average molecular weight is 285 g/mol. The van der Waals surface area contributed by atoms with Crippen molar-refractivity contribution < 1.29 is 9.90 Å². The van der Waals surface area contributed by atoms with Gasteiger partial charge in [0.25, 0.3) is 5.91 Å². The number of nitrogens with one attached hydrogen (secondary N) is 1. The highest BCUT2D eigenvalue weighted by molar-refractivity contribution is 5.94. The maximum Gasteiger partial charge on any atom is 0.251 e. The highest BCUT2D eigenvalue weighted by Crippen LogP contribution is 2.36. The minimum Gasteiger partial charge on any atom is -0.395 e. The second-order valence-electron chi connectivity index (χ2n) is 6.06. The summed E-state index contributed by atoms with van der Waals surface area (Å²) in [4.78, 5) is 12.2. The Hall–Kier alpha value is -1.79. The Morgan fingerprint density at radius 1 is 1.38 bits per heavy atom. The number of aliphatic hydroxyl groups is 1. The Labute approximate surface area is 126 Å². The van der Waals surface area contributed by atoms with Gasteiger partial charge in [-0.05, 0) is 36.5 Å². The van der Waals surface area contributed by atoms with Gasteiger partial charge < -0.3 is 10.4 Å². The van der Waals surface area contributed by atoms with E-state index in [1.807, 2.05) is 18.2 Å². The SMILES string of the molecule is CC1(CNC(=O)c2cccc(C#CCCO)c2)CCCC1. The minimum absolute atomic E-state index is 0.0334. The zero-order chi connectivity index (χ0) is 15.1. The molecule has 1 aliphatic rings. The Bertz CT molecular complexity index is 548. The van der Waals surface area contributed by atoms with Crippen molar-refractivity contribution in [2.75, 3.05) is 13.2 Å². The Morgan fingerprint density at radius 3 is 2.86 bits per heavy atom. The lowest BCUT2D eigenvalue weighted by molar-refractivity contribution is 0.0934. The summed E-state index contributed by atoms with van der Waals surface area (Å²) in [5, 5.41) is 11.8. The number of rotatable bonds is 4. The van der Waals surface area contributed by atoms with E-state index in [1.165, 1.54) is 25.7 Å². The van der Waals surface area contributed by atoms with E-state index in [1.54, 1.807) is 6.07 Å². The third-order valence-corrected chi connectivity index (χ3v) is 4.08. The zero-order valence-electron chi connectivity index (χ0n) is 12.6. The van der Waals surface area contributed by atoms with Crippen LogP contribution in [0, 0.1) is 17.3 Å². The Morgan fingerprint density at radius 2 is 2.14 bits per heavy atom. The molecule has 0 spiro atoms. The number of hydrogen-bond donors (Lipinski definition) is 2. The molecule has 0 saturated heterocycles. The molecule has 1 saturated carbocycles. The monoisotopic (exact) mass is 285 g/mol. The van der Waals surface area contributed by atoms with Crippen molar-refractivity contribution in [3.05, 3.63) is 35.4 Å². The summed E-state index contributed by atoms with van der Waals surface area (Å²) in [6.45, 7) is 3.05. The van der Waals surface area contributed by atoms with Crippen molar-refractivity contribution in [2.45, 2.75) is 39.0 Å². The fourth-order valence-corrected chi connectivity index (χ4v) is 2.76. The van der Waals surface area contributed by atoms with Gasteiger partial charge in [0.1, 0.15) is 0 Å². The molecule has 0 radical (unpaired) electrons. The van der Waals surface area contributed by atoms with E-state index >= 15 is 0 Å². The summed E-state index contributed by atoms with van der Waals surface area (Å²) in [5.41, 5.74) is 1.71. The fourth-order valence-electron chi connectivity index (χ4n) is 2.76. The molecular formula is C18H23NO2. The molecule has 3 nitrogen and oxygen atoms in total. The molecule has 21 heavy (non-hydrogen) atoms. The third-order valence-electron chi connectivity index (χ3n) is 4.08. The van der Waals surface area contributed by atoms with Crippen molar-refractivity contribution in [1.29, 1.82) is 0 Å². The second kappa shape index (κ2) is 7.28. The summed E-state index contributed by atoms with van der Waals surface area (Å²) in [5.74, 6) is 5.79. The van der Waals surface area contributed by atoms with Crippen molar-refractivity contribution in [3.63, 3.8) is 0 Å². The van der Waals surface area contributed by atoms with Crippen molar-refractivity contribution in [2.24, 2.45) is 5.41 Å². The van der Waals surface area contributed by atoms with Gasteiger partial charge in [0.2, 0.25) is 0 Å². The zero-order valence-corrected chi connectivity index (χ0v) is 12.6. The molecule has 112 valence electrons. The molecule has 1 aliphatic carbocycles. The van der Waals surface area contributed by atoms with Crippen LogP contribution >= 0.6 is 0 Å². The van der Waals surface area contributed by atoms with Crippen LogP contribution in [-0.4, -0.2) is 24.2 Å². The van der Waals surface area contributed by atoms with E-state index in [2.05, 4.69) is 24.1 Å². The molecule has 1 fully saturated rings. The molecule has 0 bridgehead atoms. The maximum absolute atomic E-state index is 12.2. The quantitative estimate of drug-likeness (QED) is 0.836.